The smallest absolute Gasteiger partial charge is 0.356 e. The highest BCUT2D eigenvalue weighted by atomic mass is 16.4. The molecule has 0 radical (unpaired) electrons. The summed E-state index contributed by atoms with van der Waals surface area (Å²) >= 11 is 0. The number of carboxylic acids is 1. The van der Waals surface area contributed by atoms with Gasteiger partial charge in [0.15, 0.2) is 5.69 Å². The zero-order valence-corrected chi connectivity index (χ0v) is 11.1. The van der Waals surface area contributed by atoms with E-state index in [2.05, 4.69) is 16.5 Å². The van der Waals surface area contributed by atoms with Gasteiger partial charge >= 0.3 is 5.97 Å². The van der Waals surface area contributed by atoms with E-state index < -0.39 is 5.97 Å². The lowest BCUT2D eigenvalue weighted by Crippen LogP contribution is -2.22. The molecular weight excluding hydrogens is 230 g/mol. The van der Waals surface area contributed by atoms with Gasteiger partial charge in [0.05, 0.1) is 11.9 Å². The number of carboxylic acid groups (broad SMARTS) is 1. The molecule has 1 rings (SSSR count). The molecule has 5 heteroatoms. The Kier molecular flexibility index (Phi) is 4.83. The number of hydrogen-bond acceptors (Lipinski definition) is 4. The Morgan fingerprint density at radius 1 is 1.61 bits per heavy atom. The van der Waals surface area contributed by atoms with E-state index in [0.717, 1.165) is 6.42 Å². The van der Waals surface area contributed by atoms with Gasteiger partial charge in [-0.3, -0.25) is 0 Å². The molecule has 0 amide bonds. The van der Waals surface area contributed by atoms with E-state index in [4.69, 9.17) is 0 Å². The van der Waals surface area contributed by atoms with E-state index in [1.54, 1.807) is 12.3 Å². The Morgan fingerprint density at radius 2 is 2.28 bits per heavy atom. The maximum Gasteiger partial charge on any atom is 0.356 e. The zero-order chi connectivity index (χ0) is 13.7. The van der Waals surface area contributed by atoms with Crippen LogP contribution in [0.25, 0.3) is 0 Å². The number of aromatic carboxylic acids is 1. The van der Waals surface area contributed by atoms with Crippen LogP contribution in [-0.2, 0) is 0 Å². The van der Waals surface area contributed by atoms with Crippen LogP contribution in [0.5, 0.6) is 0 Å². The molecule has 0 unspecified atom stereocenters. The number of carbonyl (C=O) groups is 1. The number of aromatic nitrogens is 2. The van der Waals surface area contributed by atoms with Crippen LogP contribution in [0.15, 0.2) is 18.9 Å². The molecule has 0 saturated carbocycles. The second kappa shape index (κ2) is 6.14. The fourth-order valence-corrected chi connectivity index (χ4v) is 1.51. The summed E-state index contributed by atoms with van der Waals surface area (Å²) in [5.74, 6) is -0.372. The fourth-order valence-electron chi connectivity index (χ4n) is 1.51. The van der Waals surface area contributed by atoms with Gasteiger partial charge < -0.3 is 10.0 Å². The molecule has 98 valence electrons. The molecule has 0 aromatic carbocycles. The van der Waals surface area contributed by atoms with Gasteiger partial charge in [0, 0.05) is 19.5 Å². The average molecular weight is 249 g/mol. The standard InChI is InChI=1S/C13H19N3O2/c1-5-6-7-16(4)10-8-14-12(9(2)3)15-11(10)13(17)18/h5,8-9H,1,6-7H2,2-4H3,(H,17,18). The van der Waals surface area contributed by atoms with E-state index >= 15 is 0 Å². The van der Waals surface area contributed by atoms with Crippen molar-refractivity contribution in [2.45, 2.75) is 26.2 Å². The summed E-state index contributed by atoms with van der Waals surface area (Å²) in [4.78, 5) is 21.4. The Hall–Kier alpha value is -1.91. The van der Waals surface area contributed by atoms with Crippen LogP contribution in [0.2, 0.25) is 0 Å². The van der Waals surface area contributed by atoms with Gasteiger partial charge in [-0.1, -0.05) is 19.9 Å². The highest BCUT2D eigenvalue weighted by Gasteiger charge is 2.17. The summed E-state index contributed by atoms with van der Waals surface area (Å²) in [5, 5.41) is 9.21. The monoisotopic (exact) mass is 249 g/mol. The number of rotatable bonds is 6. The molecule has 0 fully saturated rings. The Labute approximate surface area is 107 Å². The van der Waals surface area contributed by atoms with Gasteiger partial charge in [0.2, 0.25) is 0 Å². The van der Waals surface area contributed by atoms with Crippen molar-refractivity contribution < 1.29 is 9.90 Å². The second-order valence-electron chi connectivity index (χ2n) is 4.42. The van der Waals surface area contributed by atoms with Gasteiger partial charge in [-0.15, -0.1) is 6.58 Å². The summed E-state index contributed by atoms with van der Waals surface area (Å²) in [7, 11) is 1.82. The first kappa shape index (κ1) is 14.2. The second-order valence-corrected chi connectivity index (χ2v) is 4.42. The molecule has 0 saturated heterocycles. The Bertz CT molecular complexity index is 444. The van der Waals surface area contributed by atoms with E-state index in [1.165, 1.54) is 0 Å². The first-order chi connectivity index (χ1) is 8.47. The summed E-state index contributed by atoms with van der Waals surface area (Å²) in [5.41, 5.74) is 0.592. The van der Waals surface area contributed by atoms with E-state index in [0.29, 0.717) is 18.1 Å². The first-order valence-electron chi connectivity index (χ1n) is 5.89. The van der Waals surface area contributed by atoms with Crippen LogP contribution in [-0.4, -0.2) is 34.6 Å². The fraction of sp³-hybridized carbons (Fsp3) is 0.462. The van der Waals surface area contributed by atoms with Crippen LogP contribution in [0.3, 0.4) is 0 Å². The minimum absolute atomic E-state index is 0.0558. The SMILES string of the molecule is C=CCCN(C)c1cnc(C(C)C)nc1C(=O)O. The molecule has 0 aliphatic carbocycles. The van der Waals surface area contributed by atoms with Crippen LogP contribution < -0.4 is 4.90 Å². The highest BCUT2D eigenvalue weighted by molar-refractivity contribution is 5.91. The number of hydrogen-bond donors (Lipinski definition) is 1. The van der Waals surface area contributed by atoms with Gasteiger partial charge in [0.25, 0.3) is 0 Å². The number of nitrogens with zero attached hydrogens (tertiary/aromatic N) is 3. The maximum atomic E-state index is 11.2. The van der Waals surface area contributed by atoms with Crippen molar-refractivity contribution in [2.24, 2.45) is 0 Å². The average Bonchev–Trinajstić information content (AvgIpc) is 2.34. The van der Waals surface area contributed by atoms with Crippen LogP contribution in [0, 0.1) is 0 Å². The van der Waals surface area contributed by atoms with E-state index in [9.17, 15) is 9.90 Å². The van der Waals surface area contributed by atoms with Crippen LogP contribution in [0.1, 0.15) is 42.5 Å². The minimum Gasteiger partial charge on any atom is -0.476 e. The molecule has 1 aromatic rings. The Morgan fingerprint density at radius 3 is 2.78 bits per heavy atom. The van der Waals surface area contributed by atoms with Crippen LogP contribution >= 0.6 is 0 Å². The molecule has 1 heterocycles. The normalized spacial score (nSPS) is 10.4. The molecule has 0 spiro atoms. The predicted molar refractivity (Wildman–Crippen MR) is 71.2 cm³/mol. The summed E-state index contributed by atoms with van der Waals surface area (Å²) in [6.07, 6.45) is 4.15. The lowest BCUT2D eigenvalue weighted by atomic mass is 10.2. The summed E-state index contributed by atoms with van der Waals surface area (Å²) < 4.78 is 0. The third-order valence-corrected chi connectivity index (χ3v) is 2.59. The summed E-state index contributed by atoms with van der Waals surface area (Å²) in [6.45, 7) is 8.20. The molecule has 1 aromatic heterocycles. The molecule has 0 aliphatic heterocycles. The third kappa shape index (κ3) is 3.29. The quantitative estimate of drug-likeness (QED) is 0.784. The number of anilines is 1. The topological polar surface area (TPSA) is 66.3 Å². The maximum absolute atomic E-state index is 11.2. The molecule has 1 N–H and O–H groups in total. The van der Waals surface area contributed by atoms with Crippen molar-refractivity contribution in [1.29, 1.82) is 0 Å². The van der Waals surface area contributed by atoms with E-state index in [-0.39, 0.29) is 11.6 Å². The molecule has 0 aliphatic rings. The van der Waals surface area contributed by atoms with Crippen molar-refractivity contribution in [3.63, 3.8) is 0 Å². The molecule has 0 atom stereocenters. The first-order valence-corrected chi connectivity index (χ1v) is 5.89. The third-order valence-electron chi connectivity index (χ3n) is 2.59. The minimum atomic E-state index is -1.03. The van der Waals surface area contributed by atoms with Crippen molar-refractivity contribution in [3.8, 4) is 0 Å². The van der Waals surface area contributed by atoms with Gasteiger partial charge in [0.1, 0.15) is 5.82 Å². The lowest BCUT2D eigenvalue weighted by Gasteiger charge is -2.20. The predicted octanol–water partition coefficient (Wildman–Crippen LogP) is 2.31. The Balaban J connectivity index is 3.10. The molecule has 0 bridgehead atoms. The summed E-state index contributed by atoms with van der Waals surface area (Å²) in [6, 6.07) is 0. The van der Waals surface area contributed by atoms with Crippen molar-refractivity contribution in [1.82, 2.24) is 9.97 Å². The van der Waals surface area contributed by atoms with Gasteiger partial charge in [-0.2, -0.15) is 0 Å². The molecular formula is C13H19N3O2. The lowest BCUT2D eigenvalue weighted by molar-refractivity contribution is 0.0690. The van der Waals surface area contributed by atoms with Gasteiger partial charge in [-0.05, 0) is 6.42 Å². The van der Waals surface area contributed by atoms with Crippen molar-refractivity contribution in [2.75, 3.05) is 18.5 Å². The largest absolute Gasteiger partial charge is 0.476 e. The van der Waals surface area contributed by atoms with E-state index in [1.807, 2.05) is 25.8 Å². The highest BCUT2D eigenvalue weighted by Crippen LogP contribution is 2.19. The van der Waals surface area contributed by atoms with Crippen LogP contribution in [0.4, 0.5) is 5.69 Å². The van der Waals surface area contributed by atoms with Gasteiger partial charge in [-0.25, -0.2) is 14.8 Å². The molecule has 18 heavy (non-hydrogen) atoms. The molecule has 5 nitrogen and oxygen atoms in total. The zero-order valence-electron chi connectivity index (χ0n) is 11.1. The van der Waals surface area contributed by atoms with Crippen molar-refractivity contribution >= 4 is 11.7 Å². The van der Waals surface area contributed by atoms with Crippen molar-refractivity contribution in [3.05, 3.63) is 30.4 Å².